The molecule has 1 aromatic heterocycles. The van der Waals surface area contributed by atoms with E-state index in [2.05, 4.69) is 4.98 Å². The van der Waals surface area contributed by atoms with Gasteiger partial charge in [0.25, 0.3) is 0 Å². The average molecular weight is 322 g/mol. The molecule has 1 aliphatic heterocycles. The molecular weight excluding hydrogens is 308 g/mol. The largest absolute Gasteiger partial charge is 0.489 e. The van der Waals surface area contributed by atoms with Gasteiger partial charge in [-0.05, 0) is 31.2 Å². The Labute approximate surface area is 138 Å². The van der Waals surface area contributed by atoms with Gasteiger partial charge in [0.2, 0.25) is 0 Å². The highest BCUT2D eigenvalue weighted by Crippen LogP contribution is 2.59. The molecule has 1 fully saturated rings. The molecule has 0 bridgehead atoms. The van der Waals surface area contributed by atoms with Gasteiger partial charge in [0.05, 0.1) is 6.61 Å². The Morgan fingerprint density at radius 2 is 2.17 bits per heavy atom. The van der Waals surface area contributed by atoms with Gasteiger partial charge in [0, 0.05) is 23.7 Å². The van der Waals surface area contributed by atoms with E-state index in [-0.39, 0.29) is 23.9 Å². The number of carbonyl (C=O) groups excluding carboxylic acids is 1. The smallest absolute Gasteiger partial charge is 0.313 e. The number of nitrogens with zero attached hydrogens (tertiary/aromatic N) is 2. The van der Waals surface area contributed by atoms with Gasteiger partial charge in [-0.1, -0.05) is 0 Å². The summed E-state index contributed by atoms with van der Waals surface area (Å²) in [6.45, 7) is 2.16. The van der Waals surface area contributed by atoms with Crippen LogP contribution in [0.2, 0.25) is 0 Å². The lowest BCUT2D eigenvalue weighted by Crippen LogP contribution is -2.13. The van der Waals surface area contributed by atoms with Gasteiger partial charge in [-0.2, -0.15) is 5.26 Å². The summed E-state index contributed by atoms with van der Waals surface area (Å²) in [6, 6.07) is 10.8. The summed E-state index contributed by atoms with van der Waals surface area (Å²) >= 11 is 0. The fourth-order valence-electron chi connectivity index (χ4n) is 3.10. The topological polar surface area (TPSA) is 81.4 Å². The number of hydrogen-bond acceptors (Lipinski definition) is 6. The average Bonchev–Trinajstić information content (AvgIpc) is 3.19. The van der Waals surface area contributed by atoms with Crippen LogP contribution in [0.1, 0.15) is 24.1 Å². The fraction of sp³-hybridized carbons (Fsp3) is 0.278. The van der Waals surface area contributed by atoms with Crippen LogP contribution < -0.4 is 9.47 Å². The van der Waals surface area contributed by atoms with Crippen molar-refractivity contribution in [2.45, 2.75) is 18.9 Å². The number of pyridine rings is 1. The minimum absolute atomic E-state index is 0.0368. The Morgan fingerprint density at radius 1 is 1.33 bits per heavy atom. The van der Waals surface area contributed by atoms with Gasteiger partial charge < -0.3 is 14.2 Å². The van der Waals surface area contributed by atoms with Crippen molar-refractivity contribution >= 4 is 5.97 Å². The Balaban J connectivity index is 1.55. The molecule has 1 aliphatic carbocycles. The molecule has 0 radical (unpaired) electrons. The van der Waals surface area contributed by atoms with Gasteiger partial charge in [0.15, 0.2) is 0 Å². The Morgan fingerprint density at radius 3 is 2.96 bits per heavy atom. The van der Waals surface area contributed by atoms with Crippen LogP contribution in [-0.4, -0.2) is 23.7 Å². The highest BCUT2D eigenvalue weighted by molar-refractivity contribution is 5.80. The van der Waals surface area contributed by atoms with Crippen molar-refractivity contribution in [1.82, 2.24) is 4.98 Å². The summed E-state index contributed by atoms with van der Waals surface area (Å²) in [7, 11) is 0. The lowest BCUT2D eigenvalue weighted by atomic mass is 10.1. The van der Waals surface area contributed by atoms with Crippen molar-refractivity contribution in [1.29, 1.82) is 5.26 Å². The zero-order valence-electron chi connectivity index (χ0n) is 12.9. The summed E-state index contributed by atoms with van der Waals surface area (Å²) in [5.74, 6) is 1.55. The van der Waals surface area contributed by atoms with Crippen molar-refractivity contribution in [2.24, 2.45) is 5.92 Å². The van der Waals surface area contributed by atoms with Crippen LogP contribution in [0.5, 0.6) is 17.2 Å². The standard InChI is InChI=1S/C18H14N2O4/c1-2-22-18(21)16-15-13-8-11(3-4-14(13)24-17(15)16)23-12-5-6-20-10(7-12)9-19/h3-8,15-17H,2H2,1H3. The second-order valence-electron chi connectivity index (χ2n) is 5.68. The molecule has 6 nitrogen and oxygen atoms in total. The zero-order chi connectivity index (χ0) is 16.7. The predicted molar refractivity (Wildman–Crippen MR) is 82.7 cm³/mol. The minimum atomic E-state index is -0.223. The van der Waals surface area contributed by atoms with Crippen LogP contribution in [0.25, 0.3) is 0 Å². The number of benzene rings is 1. The van der Waals surface area contributed by atoms with Crippen LogP contribution in [-0.2, 0) is 9.53 Å². The Bertz CT molecular complexity index is 858. The number of esters is 1. The fourth-order valence-corrected chi connectivity index (χ4v) is 3.10. The van der Waals surface area contributed by atoms with E-state index >= 15 is 0 Å². The number of aromatic nitrogens is 1. The van der Waals surface area contributed by atoms with Crippen LogP contribution in [0.3, 0.4) is 0 Å². The van der Waals surface area contributed by atoms with Crippen molar-refractivity contribution in [2.75, 3.05) is 6.61 Å². The quantitative estimate of drug-likeness (QED) is 0.805. The number of fused-ring (bicyclic) bond motifs is 3. The van der Waals surface area contributed by atoms with E-state index in [0.29, 0.717) is 23.8 Å². The first-order valence-electron chi connectivity index (χ1n) is 7.72. The van der Waals surface area contributed by atoms with Crippen molar-refractivity contribution in [3.63, 3.8) is 0 Å². The van der Waals surface area contributed by atoms with Crippen LogP contribution >= 0.6 is 0 Å². The summed E-state index contributed by atoms with van der Waals surface area (Å²) in [5.41, 5.74) is 1.26. The third-order valence-corrected chi connectivity index (χ3v) is 4.20. The maximum absolute atomic E-state index is 11.9. The van der Waals surface area contributed by atoms with E-state index in [1.165, 1.54) is 6.20 Å². The first-order chi connectivity index (χ1) is 11.7. The first-order valence-corrected chi connectivity index (χ1v) is 7.72. The van der Waals surface area contributed by atoms with E-state index < -0.39 is 0 Å². The third-order valence-electron chi connectivity index (χ3n) is 4.20. The van der Waals surface area contributed by atoms with E-state index in [1.54, 1.807) is 25.1 Å². The van der Waals surface area contributed by atoms with Gasteiger partial charge >= 0.3 is 5.97 Å². The summed E-state index contributed by atoms with van der Waals surface area (Å²) in [5, 5.41) is 8.89. The minimum Gasteiger partial charge on any atom is -0.489 e. The summed E-state index contributed by atoms with van der Waals surface area (Å²) in [4.78, 5) is 15.8. The van der Waals surface area contributed by atoms with Crippen LogP contribution in [0.15, 0.2) is 36.5 Å². The number of rotatable bonds is 4. The summed E-state index contributed by atoms with van der Waals surface area (Å²) < 4.78 is 16.7. The second-order valence-corrected chi connectivity index (χ2v) is 5.68. The number of carbonyl (C=O) groups is 1. The molecule has 3 unspecified atom stereocenters. The van der Waals surface area contributed by atoms with E-state index in [0.717, 1.165) is 11.3 Å². The molecule has 0 saturated heterocycles. The van der Waals surface area contributed by atoms with Gasteiger partial charge in [0.1, 0.15) is 41.0 Å². The first kappa shape index (κ1) is 14.5. The molecule has 120 valence electrons. The summed E-state index contributed by atoms with van der Waals surface area (Å²) in [6.07, 6.45) is 1.40. The molecule has 1 saturated carbocycles. The molecule has 2 aliphatic rings. The van der Waals surface area contributed by atoms with Crippen molar-refractivity contribution < 1.29 is 19.0 Å². The predicted octanol–water partition coefficient (Wildman–Crippen LogP) is 2.78. The lowest BCUT2D eigenvalue weighted by Gasteiger charge is -2.10. The van der Waals surface area contributed by atoms with Crippen molar-refractivity contribution in [3.8, 4) is 23.3 Å². The number of nitriles is 1. The van der Waals surface area contributed by atoms with E-state index in [1.807, 2.05) is 18.2 Å². The lowest BCUT2D eigenvalue weighted by molar-refractivity contribution is -0.145. The highest BCUT2D eigenvalue weighted by atomic mass is 16.5. The van der Waals surface area contributed by atoms with Crippen molar-refractivity contribution in [3.05, 3.63) is 47.8 Å². The number of ether oxygens (including phenoxy) is 3. The zero-order valence-corrected chi connectivity index (χ0v) is 12.9. The van der Waals surface area contributed by atoms with E-state index in [4.69, 9.17) is 19.5 Å². The molecule has 0 amide bonds. The maximum Gasteiger partial charge on any atom is 0.313 e. The molecule has 2 heterocycles. The molecule has 0 N–H and O–H groups in total. The molecule has 3 atom stereocenters. The Kier molecular flexibility index (Phi) is 3.35. The number of hydrogen-bond donors (Lipinski definition) is 0. The normalized spacial score (nSPS) is 22.6. The monoisotopic (exact) mass is 322 g/mol. The molecule has 6 heteroatoms. The maximum atomic E-state index is 11.9. The molecular formula is C18H14N2O4. The molecule has 0 spiro atoms. The third kappa shape index (κ3) is 2.35. The van der Waals surface area contributed by atoms with Crippen LogP contribution in [0, 0.1) is 17.2 Å². The van der Waals surface area contributed by atoms with Gasteiger partial charge in [-0.25, -0.2) is 4.98 Å². The highest BCUT2D eigenvalue weighted by Gasteiger charge is 2.63. The van der Waals surface area contributed by atoms with E-state index in [9.17, 15) is 4.79 Å². The van der Waals surface area contributed by atoms with Gasteiger partial charge in [-0.3, -0.25) is 4.79 Å². The molecule has 1 aromatic carbocycles. The van der Waals surface area contributed by atoms with Crippen LogP contribution in [0.4, 0.5) is 0 Å². The molecule has 4 rings (SSSR count). The molecule has 2 aromatic rings. The second kappa shape index (κ2) is 5.53. The van der Waals surface area contributed by atoms with Gasteiger partial charge in [-0.15, -0.1) is 0 Å². The SMILES string of the molecule is CCOC(=O)C1C2Oc3ccc(Oc4ccnc(C#N)c4)cc3C21. The molecule has 24 heavy (non-hydrogen) atoms. The Hall–Kier alpha value is -3.07.